The molecule has 3 aromatic rings. The summed E-state index contributed by atoms with van der Waals surface area (Å²) < 4.78 is 37.0. The van der Waals surface area contributed by atoms with E-state index in [2.05, 4.69) is 5.32 Å². The lowest BCUT2D eigenvalue weighted by Crippen LogP contribution is -2.31. The minimum Gasteiger partial charge on any atom is -0.496 e. The quantitative estimate of drug-likeness (QED) is 0.439. The van der Waals surface area contributed by atoms with Crippen LogP contribution in [-0.4, -0.2) is 34.3 Å². The van der Waals surface area contributed by atoms with Gasteiger partial charge in [0.15, 0.2) is 6.61 Å². The van der Waals surface area contributed by atoms with E-state index in [1.165, 1.54) is 4.31 Å². The number of hydrogen-bond acceptors (Lipinski definition) is 5. The van der Waals surface area contributed by atoms with Crippen LogP contribution in [0.15, 0.2) is 72.8 Å². The smallest absolute Gasteiger partial charge is 0.258 e. The largest absolute Gasteiger partial charge is 0.496 e. The number of para-hydroxylation sites is 1. The minimum absolute atomic E-state index is 0.166. The van der Waals surface area contributed by atoms with Gasteiger partial charge in [0, 0.05) is 10.6 Å². The Labute approximate surface area is 205 Å². The molecule has 180 valence electrons. The molecule has 9 heteroatoms. The maximum Gasteiger partial charge on any atom is 0.258 e. The van der Waals surface area contributed by atoms with Gasteiger partial charge in [-0.15, -0.1) is 0 Å². The molecule has 3 aromatic carbocycles. The van der Waals surface area contributed by atoms with Gasteiger partial charge in [-0.2, -0.15) is 0 Å². The fraction of sp³-hybridized carbons (Fsp3) is 0.240. The molecule has 0 spiro atoms. The number of anilines is 1. The van der Waals surface area contributed by atoms with Gasteiger partial charge in [-0.3, -0.25) is 9.10 Å². The van der Waals surface area contributed by atoms with Gasteiger partial charge in [0.05, 0.1) is 31.6 Å². The van der Waals surface area contributed by atoms with E-state index in [0.717, 1.165) is 17.4 Å². The monoisotopic (exact) mass is 502 g/mol. The van der Waals surface area contributed by atoms with E-state index in [9.17, 15) is 13.2 Å². The van der Waals surface area contributed by atoms with Gasteiger partial charge >= 0.3 is 0 Å². The van der Waals surface area contributed by atoms with Crippen molar-refractivity contribution in [3.63, 3.8) is 0 Å². The second-order valence-corrected chi connectivity index (χ2v) is 10.1. The van der Waals surface area contributed by atoms with Gasteiger partial charge in [0.1, 0.15) is 11.5 Å². The van der Waals surface area contributed by atoms with Crippen LogP contribution < -0.4 is 19.1 Å². The zero-order valence-corrected chi connectivity index (χ0v) is 20.8. The third-order valence-corrected chi connectivity index (χ3v) is 6.51. The Balaban J connectivity index is 1.61. The zero-order chi connectivity index (χ0) is 24.7. The summed E-state index contributed by atoms with van der Waals surface area (Å²) in [5.41, 5.74) is 2.15. The molecule has 7 nitrogen and oxygen atoms in total. The first kappa shape index (κ1) is 25.4. The number of nitrogens with one attached hydrogen (secondary N) is 1. The number of methoxy groups -OCH3 is 1. The highest BCUT2D eigenvalue weighted by Crippen LogP contribution is 2.25. The fourth-order valence-electron chi connectivity index (χ4n) is 3.40. The Kier molecular flexibility index (Phi) is 8.41. The van der Waals surface area contributed by atoms with Crippen molar-refractivity contribution in [3.8, 4) is 11.5 Å². The Hall–Kier alpha value is -3.23. The van der Waals surface area contributed by atoms with Crippen LogP contribution in [0.3, 0.4) is 0 Å². The van der Waals surface area contributed by atoms with Crippen LogP contribution in [0, 0.1) is 0 Å². The second-order valence-electron chi connectivity index (χ2n) is 7.71. The first-order valence-corrected chi connectivity index (χ1v) is 12.8. The van der Waals surface area contributed by atoms with E-state index in [0.29, 0.717) is 22.2 Å². The van der Waals surface area contributed by atoms with Crippen LogP contribution in [0.25, 0.3) is 0 Å². The Morgan fingerprint density at radius 1 is 1.03 bits per heavy atom. The molecule has 0 saturated carbocycles. The maximum absolute atomic E-state index is 12.4. The van der Waals surface area contributed by atoms with E-state index in [1.807, 2.05) is 31.2 Å². The van der Waals surface area contributed by atoms with Crippen LogP contribution in [-0.2, 0) is 21.4 Å². The molecular formula is C25H27ClN2O5S. The number of rotatable bonds is 10. The van der Waals surface area contributed by atoms with Gasteiger partial charge in [0.25, 0.3) is 5.91 Å². The topological polar surface area (TPSA) is 84.9 Å². The number of hydrogen-bond donors (Lipinski definition) is 1. The van der Waals surface area contributed by atoms with Gasteiger partial charge in [-0.05, 0) is 55.0 Å². The number of carbonyl (C=O) groups excluding carboxylic acids is 1. The molecule has 0 fully saturated rings. The molecule has 0 aliphatic rings. The number of ether oxygens (including phenoxy) is 2. The second kappa shape index (κ2) is 11.3. The summed E-state index contributed by atoms with van der Waals surface area (Å²) in [5, 5.41) is 3.46. The summed E-state index contributed by atoms with van der Waals surface area (Å²) in [6.07, 6.45) is 1.15. The van der Waals surface area contributed by atoms with Crippen molar-refractivity contribution in [3.05, 3.63) is 88.9 Å². The highest BCUT2D eigenvalue weighted by molar-refractivity contribution is 7.92. The molecule has 34 heavy (non-hydrogen) atoms. The lowest BCUT2D eigenvalue weighted by atomic mass is 10.1. The highest BCUT2D eigenvalue weighted by atomic mass is 35.5. The third-order valence-electron chi connectivity index (χ3n) is 5.12. The SMILES string of the molecule is COc1ccccc1[C@@H](C)NC(=O)COc1ccc(N(Cc2ccc(Cl)cc2)S(C)(=O)=O)cc1. The maximum atomic E-state index is 12.4. The molecule has 0 bridgehead atoms. The lowest BCUT2D eigenvalue weighted by molar-refractivity contribution is -0.123. The normalized spacial score (nSPS) is 12.0. The fourth-order valence-corrected chi connectivity index (χ4v) is 4.41. The standard InChI is InChI=1S/C25H27ClN2O5S/c1-18(23-6-4-5-7-24(23)32-2)27-25(29)17-33-22-14-12-21(13-15-22)28(34(3,30)31)16-19-8-10-20(26)11-9-19/h4-15,18H,16-17H2,1-3H3,(H,27,29)/t18-/m1/s1. The molecule has 0 unspecified atom stereocenters. The highest BCUT2D eigenvalue weighted by Gasteiger charge is 2.18. The summed E-state index contributed by atoms with van der Waals surface area (Å²) in [6, 6.07) is 20.7. The number of halogens is 1. The van der Waals surface area contributed by atoms with Gasteiger partial charge in [0.2, 0.25) is 10.0 Å². The number of amides is 1. The number of carbonyl (C=O) groups is 1. The predicted octanol–water partition coefficient (Wildman–Crippen LogP) is 4.57. The predicted molar refractivity (Wildman–Crippen MR) is 134 cm³/mol. The van der Waals surface area contributed by atoms with E-state index < -0.39 is 10.0 Å². The summed E-state index contributed by atoms with van der Waals surface area (Å²) in [7, 11) is -1.94. The van der Waals surface area contributed by atoms with Crippen molar-refractivity contribution in [1.29, 1.82) is 0 Å². The first-order chi connectivity index (χ1) is 16.2. The van der Waals surface area contributed by atoms with Crippen LogP contribution in [0.5, 0.6) is 11.5 Å². The molecule has 1 N–H and O–H groups in total. The Morgan fingerprint density at radius 2 is 1.68 bits per heavy atom. The third kappa shape index (κ3) is 6.88. The van der Waals surface area contributed by atoms with Crippen molar-refractivity contribution in [1.82, 2.24) is 5.32 Å². The lowest BCUT2D eigenvalue weighted by Gasteiger charge is -2.23. The Bertz CT molecular complexity index is 1210. The molecule has 0 aliphatic heterocycles. The van der Waals surface area contributed by atoms with Gasteiger partial charge in [-0.1, -0.05) is 41.9 Å². The van der Waals surface area contributed by atoms with E-state index >= 15 is 0 Å². The molecule has 0 aliphatic carbocycles. The van der Waals surface area contributed by atoms with E-state index in [1.54, 1.807) is 55.6 Å². The molecule has 0 saturated heterocycles. The van der Waals surface area contributed by atoms with E-state index in [4.69, 9.17) is 21.1 Å². The summed E-state index contributed by atoms with van der Waals surface area (Å²) in [6.45, 7) is 1.85. The van der Waals surface area contributed by atoms with Crippen molar-refractivity contribution < 1.29 is 22.7 Å². The van der Waals surface area contributed by atoms with Crippen molar-refractivity contribution in [2.75, 3.05) is 24.3 Å². The number of sulfonamides is 1. The molecule has 1 amide bonds. The van der Waals surface area contributed by atoms with Crippen molar-refractivity contribution in [2.24, 2.45) is 0 Å². The van der Waals surface area contributed by atoms with Crippen LogP contribution in [0.1, 0.15) is 24.1 Å². The average Bonchev–Trinajstić information content (AvgIpc) is 2.82. The average molecular weight is 503 g/mol. The zero-order valence-electron chi connectivity index (χ0n) is 19.2. The molecule has 0 radical (unpaired) electrons. The van der Waals surface area contributed by atoms with E-state index in [-0.39, 0.29) is 25.1 Å². The molecule has 0 aromatic heterocycles. The van der Waals surface area contributed by atoms with Crippen molar-refractivity contribution in [2.45, 2.75) is 19.5 Å². The summed E-state index contributed by atoms with van der Waals surface area (Å²) in [5.74, 6) is 0.854. The molecule has 0 heterocycles. The van der Waals surface area contributed by atoms with Crippen molar-refractivity contribution >= 4 is 33.2 Å². The molecule has 3 rings (SSSR count). The Morgan fingerprint density at radius 3 is 2.29 bits per heavy atom. The first-order valence-electron chi connectivity index (χ1n) is 10.5. The van der Waals surface area contributed by atoms with Gasteiger partial charge in [-0.25, -0.2) is 8.42 Å². The van der Waals surface area contributed by atoms with Crippen LogP contribution in [0.4, 0.5) is 5.69 Å². The number of benzene rings is 3. The minimum atomic E-state index is -3.53. The molecule has 1 atom stereocenters. The summed E-state index contributed by atoms with van der Waals surface area (Å²) in [4.78, 5) is 12.4. The van der Waals surface area contributed by atoms with Crippen LogP contribution in [0.2, 0.25) is 5.02 Å². The number of nitrogens with zero attached hydrogens (tertiary/aromatic N) is 1. The molecular weight excluding hydrogens is 476 g/mol. The summed E-state index contributed by atoms with van der Waals surface area (Å²) >= 11 is 5.92. The van der Waals surface area contributed by atoms with Crippen LogP contribution >= 0.6 is 11.6 Å². The van der Waals surface area contributed by atoms with Gasteiger partial charge < -0.3 is 14.8 Å².